The number of carbonyl (C=O) groups is 2. The van der Waals surface area contributed by atoms with E-state index in [4.69, 9.17) is 4.74 Å². The molecule has 1 saturated heterocycles. The normalized spacial score (nSPS) is 22.9. The van der Waals surface area contributed by atoms with Crippen molar-refractivity contribution in [2.24, 2.45) is 5.92 Å². The number of ether oxygens (including phenoxy) is 1. The molecule has 5 heteroatoms. The average Bonchev–Trinajstić information content (AvgIpc) is 2.77. The lowest BCUT2D eigenvalue weighted by Gasteiger charge is -2.26. The number of hydrogen-bond acceptors (Lipinski definition) is 3. The zero-order chi connectivity index (χ0) is 13.7. The Kier molecular flexibility index (Phi) is 5.19. The molecule has 1 atom stereocenters. The number of amides is 2. The first-order valence-corrected chi connectivity index (χ1v) is 7.31. The van der Waals surface area contributed by atoms with Crippen LogP contribution in [0.2, 0.25) is 0 Å². The van der Waals surface area contributed by atoms with Crippen molar-refractivity contribution >= 4 is 11.8 Å². The smallest absolute Gasteiger partial charge is 0.223 e. The molecule has 0 bridgehead atoms. The Bertz CT molecular complexity index is 323. The van der Waals surface area contributed by atoms with Crippen LogP contribution in [0.4, 0.5) is 0 Å². The third-order valence-corrected chi connectivity index (χ3v) is 4.05. The van der Waals surface area contributed by atoms with Crippen LogP contribution < -0.4 is 5.32 Å². The second-order valence-electron chi connectivity index (χ2n) is 5.52. The van der Waals surface area contributed by atoms with E-state index in [1.807, 2.05) is 0 Å². The molecular weight excluding hydrogens is 244 g/mol. The van der Waals surface area contributed by atoms with Crippen molar-refractivity contribution in [1.82, 2.24) is 10.2 Å². The van der Waals surface area contributed by atoms with E-state index in [2.05, 4.69) is 5.32 Å². The molecule has 1 heterocycles. The molecule has 1 unspecified atom stereocenters. The lowest BCUT2D eigenvalue weighted by molar-refractivity contribution is -0.131. The molecule has 0 aromatic heterocycles. The molecular formula is C14H24N2O3. The van der Waals surface area contributed by atoms with Gasteiger partial charge in [0.1, 0.15) is 0 Å². The minimum atomic E-state index is 0.0494. The summed E-state index contributed by atoms with van der Waals surface area (Å²) in [6, 6.07) is 0. The summed E-state index contributed by atoms with van der Waals surface area (Å²) in [4.78, 5) is 25.0. The van der Waals surface area contributed by atoms with E-state index in [1.54, 1.807) is 11.8 Å². The van der Waals surface area contributed by atoms with Gasteiger partial charge in [-0.1, -0.05) is 6.42 Å². The maximum Gasteiger partial charge on any atom is 0.223 e. The number of carbonyl (C=O) groups excluding carboxylic acids is 2. The molecule has 2 amide bonds. The van der Waals surface area contributed by atoms with Gasteiger partial charge in [0.05, 0.1) is 6.10 Å². The quantitative estimate of drug-likeness (QED) is 0.779. The Morgan fingerprint density at radius 2 is 2.05 bits per heavy atom. The molecule has 0 spiro atoms. The van der Waals surface area contributed by atoms with Crippen LogP contribution in [0.1, 0.15) is 39.0 Å². The van der Waals surface area contributed by atoms with Crippen molar-refractivity contribution < 1.29 is 14.3 Å². The van der Waals surface area contributed by atoms with Crippen molar-refractivity contribution in [2.45, 2.75) is 45.1 Å². The Labute approximate surface area is 114 Å². The van der Waals surface area contributed by atoms with Crippen LogP contribution in [0.15, 0.2) is 0 Å². The Morgan fingerprint density at radius 3 is 2.58 bits per heavy atom. The van der Waals surface area contributed by atoms with Crippen molar-refractivity contribution in [2.75, 3.05) is 26.2 Å². The minimum absolute atomic E-state index is 0.0494. The zero-order valence-corrected chi connectivity index (χ0v) is 11.7. The molecule has 2 fully saturated rings. The van der Waals surface area contributed by atoms with Crippen molar-refractivity contribution in [3.05, 3.63) is 0 Å². The molecule has 108 valence electrons. The van der Waals surface area contributed by atoms with Gasteiger partial charge >= 0.3 is 0 Å². The van der Waals surface area contributed by atoms with Crippen molar-refractivity contribution in [3.8, 4) is 0 Å². The highest BCUT2D eigenvalue weighted by Crippen LogP contribution is 2.26. The lowest BCUT2D eigenvalue weighted by atomic mass is 9.85. The number of hydrogen-bond donors (Lipinski definition) is 1. The number of rotatable bonds is 6. The zero-order valence-electron chi connectivity index (χ0n) is 11.7. The van der Waals surface area contributed by atoms with Gasteiger partial charge in [-0.2, -0.15) is 0 Å². The SMILES string of the molecule is CC(=O)N(CCNC(=O)C1CCC1)CC1CCCO1. The highest BCUT2D eigenvalue weighted by atomic mass is 16.5. The third-order valence-electron chi connectivity index (χ3n) is 4.05. The van der Waals surface area contributed by atoms with E-state index >= 15 is 0 Å². The summed E-state index contributed by atoms with van der Waals surface area (Å²) >= 11 is 0. The van der Waals surface area contributed by atoms with E-state index in [1.165, 1.54) is 0 Å². The molecule has 0 aromatic rings. The van der Waals surface area contributed by atoms with Gasteiger partial charge in [0.15, 0.2) is 0 Å². The van der Waals surface area contributed by atoms with Crippen LogP contribution >= 0.6 is 0 Å². The molecule has 0 radical (unpaired) electrons. The van der Waals surface area contributed by atoms with Crippen LogP contribution in [0, 0.1) is 5.92 Å². The summed E-state index contributed by atoms with van der Waals surface area (Å²) in [6.07, 6.45) is 5.46. The van der Waals surface area contributed by atoms with Crippen LogP contribution in [-0.4, -0.2) is 49.1 Å². The van der Waals surface area contributed by atoms with Gasteiger partial charge in [0, 0.05) is 39.1 Å². The van der Waals surface area contributed by atoms with E-state index < -0.39 is 0 Å². The van der Waals surface area contributed by atoms with Gasteiger partial charge in [0.25, 0.3) is 0 Å². The first-order valence-electron chi connectivity index (χ1n) is 7.31. The summed E-state index contributed by atoms with van der Waals surface area (Å²) in [5.41, 5.74) is 0. The third kappa shape index (κ3) is 4.20. The summed E-state index contributed by atoms with van der Waals surface area (Å²) < 4.78 is 5.54. The van der Waals surface area contributed by atoms with Gasteiger partial charge < -0.3 is 15.0 Å². The van der Waals surface area contributed by atoms with Crippen LogP contribution in [0.25, 0.3) is 0 Å². The van der Waals surface area contributed by atoms with Gasteiger partial charge in [-0.05, 0) is 25.7 Å². The molecule has 19 heavy (non-hydrogen) atoms. The standard InChI is InChI=1S/C14H24N2O3/c1-11(17)16(10-13-6-3-9-19-13)8-7-15-14(18)12-4-2-5-12/h12-13H,2-10H2,1H3,(H,15,18). The Hall–Kier alpha value is -1.10. The molecule has 0 aromatic carbocycles. The monoisotopic (exact) mass is 268 g/mol. The maximum absolute atomic E-state index is 11.7. The molecule has 2 rings (SSSR count). The van der Waals surface area contributed by atoms with Gasteiger partial charge in [-0.15, -0.1) is 0 Å². The van der Waals surface area contributed by atoms with Crippen LogP contribution in [0.5, 0.6) is 0 Å². The van der Waals surface area contributed by atoms with E-state index in [0.29, 0.717) is 19.6 Å². The summed E-state index contributed by atoms with van der Waals surface area (Å²) in [6.45, 7) is 4.14. The second kappa shape index (κ2) is 6.89. The van der Waals surface area contributed by atoms with E-state index in [0.717, 1.165) is 38.7 Å². The fourth-order valence-corrected chi connectivity index (χ4v) is 2.54. The fourth-order valence-electron chi connectivity index (χ4n) is 2.54. The van der Waals surface area contributed by atoms with Gasteiger partial charge in [-0.25, -0.2) is 0 Å². The first kappa shape index (κ1) is 14.3. The largest absolute Gasteiger partial charge is 0.376 e. The molecule has 1 N–H and O–H groups in total. The van der Waals surface area contributed by atoms with E-state index in [-0.39, 0.29) is 23.8 Å². The maximum atomic E-state index is 11.7. The molecule has 1 aliphatic carbocycles. The Morgan fingerprint density at radius 1 is 1.26 bits per heavy atom. The number of nitrogens with one attached hydrogen (secondary N) is 1. The van der Waals surface area contributed by atoms with Crippen molar-refractivity contribution in [1.29, 1.82) is 0 Å². The van der Waals surface area contributed by atoms with Crippen LogP contribution in [0.3, 0.4) is 0 Å². The van der Waals surface area contributed by atoms with Crippen molar-refractivity contribution in [3.63, 3.8) is 0 Å². The van der Waals surface area contributed by atoms with Gasteiger partial charge in [-0.3, -0.25) is 9.59 Å². The van der Waals surface area contributed by atoms with Crippen LogP contribution in [-0.2, 0) is 14.3 Å². The topological polar surface area (TPSA) is 58.6 Å². The summed E-state index contributed by atoms with van der Waals surface area (Å²) in [5.74, 6) is 0.407. The Balaban J connectivity index is 1.67. The summed E-state index contributed by atoms with van der Waals surface area (Å²) in [7, 11) is 0. The predicted octanol–water partition coefficient (Wildman–Crippen LogP) is 0.930. The highest BCUT2D eigenvalue weighted by molar-refractivity contribution is 5.79. The summed E-state index contributed by atoms with van der Waals surface area (Å²) in [5, 5.41) is 2.92. The fraction of sp³-hybridized carbons (Fsp3) is 0.857. The molecule has 5 nitrogen and oxygen atoms in total. The lowest BCUT2D eigenvalue weighted by Crippen LogP contribution is -2.43. The molecule has 1 saturated carbocycles. The minimum Gasteiger partial charge on any atom is -0.376 e. The van der Waals surface area contributed by atoms with E-state index in [9.17, 15) is 9.59 Å². The molecule has 1 aliphatic heterocycles. The second-order valence-corrected chi connectivity index (χ2v) is 5.52. The molecule has 2 aliphatic rings. The highest BCUT2D eigenvalue weighted by Gasteiger charge is 2.25. The average molecular weight is 268 g/mol. The number of nitrogens with zero attached hydrogens (tertiary/aromatic N) is 1. The van der Waals surface area contributed by atoms with Gasteiger partial charge in [0.2, 0.25) is 11.8 Å². The first-order chi connectivity index (χ1) is 9.16. The predicted molar refractivity (Wildman–Crippen MR) is 71.6 cm³/mol.